The zero-order chi connectivity index (χ0) is 44.0. The SMILES string of the molecule is c1ccc2c(c1)Oc1cccc3c4cc(-c5ccc(N(c6ccc(-c7cc8ccccc8c8ccccc78)cc6)c6ccc(-c7cc8ccccc8c8ccccc78)cc6)cc5)ccc4n-2c13. The van der Waals surface area contributed by atoms with Crippen LogP contribution in [0.5, 0.6) is 11.5 Å². The molecule has 0 saturated carbocycles. The maximum absolute atomic E-state index is 6.40. The fraction of sp³-hybridized carbons (Fsp3) is 0. The molecule has 14 rings (SSSR count). The first kappa shape index (κ1) is 37.5. The maximum atomic E-state index is 6.40. The molecule has 0 amide bonds. The molecule has 0 spiro atoms. The van der Waals surface area contributed by atoms with Crippen LogP contribution in [0.3, 0.4) is 0 Å². The molecule has 67 heavy (non-hydrogen) atoms. The first-order valence-corrected chi connectivity index (χ1v) is 23.0. The van der Waals surface area contributed by atoms with Crippen LogP contribution < -0.4 is 9.64 Å². The Bertz CT molecular complexity index is 3950. The number of para-hydroxylation sites is 3. The molecule has 1 aliphatic rings. The first-order valence-electron chi connectivity index (χ1n) is 23.0. The number of hydrogen-bond acceptors (Lipinski definition) is 2. The highest BCUT2D eigenvalue weighted by atomic mass is 16.5. The van der Waals surface area contributed by atoms with Gasteiger partial charge < -0.3 is 14.2 Å². The summed E-state index contributed by atoms with van der Waals surface area (Å²) < 4.78 is 8.75. The van der Waals surface area contributed by atoms with Gasteiger partial charge in [-0.05, 0) is 155 Å². The second-order valence-corrected chi connectivity index (χ2v) is 17.6. The number of rotatable bonds is 6. The Morgan fingerprint density at radius 1 is 0.299 bits per heavy atom. The number of benzene rings is 12. The zero-order valence-electron chi connectivity index (χ0n) is 36.4. The number of aromatic nitrogens is 1. The molecule has 3 heteroatoms. The Morgan fingerprint density at radius 2 is 0.746 bits per heavy atom. The van der Waals surface area contributed by atoms with Crippen molar-refractivity contribution < 1.29 is 4.74 Å². The Labute approximate surface area is 387 Å². The van der Waals surface area contributed by atoms with E-state index in [0.717, 1.165) is 45.3 Å². The van der Waals surface area contributed by atoms with Gasteiger partial charge in [0.05, 0.1) is 16.7 Å². The van der Waals surface area contributed by atoms with Gasteiger partial charge >= 0.3 is 0 Å². The van der Waals surface area contributed by atoms with E-state index in [1.807, 2.05) is 12.1 Å². The summed E-state index contributed by atoms with van der Waals surface area (Å²) in [6.07, 6.45) is 0. The van der Waals surface area contributed by atoms with Crippen LogP contribution in [-0.2, 0) is 0 Å². The second kappa shape index (κ2) is 14.8. The van der Waals surface area contributed by atoms with E-state index in [0.29, 0.717) is 0 Å². The monoisotopic (exact) mass is 852 g/mol. The highest BCUT2D eigenvalue weighted by Crippen LogP contribution is 2.47. The van der Waals surface area contributed by atoms with Gasteiger partial charge in [-0.3, -0.25) is 0 Å². The highest BCUT2D eigenvalue weighted by molar-refractivity contribution is 6.16. The molecule has 12 aromatic carbocycles. The molecule has 2 heterocycles. The van der Waals surface area contributed by atoms with Crippen molar-refractivity contribution in [2.75, 3.05) is 4.90 Å². The Balaban J connectivity index is 0.877. The molecule has 1 aromatic heterocycles. The zero-order valence-corrected chi connectivity index (χ0v) is 36.4. The first-order chi connectivity index (χ1) is 33.2. The van der Waals surface area contributed by atoms with Gasteiger partial charge in [-0.25, -0.2) is 0 Å². The lowest BCUT2D eigenvalue weighted by Gasteiger charge is -2.26. The lowest BCUT2D eigenvalue weighted by Crippen LogP contribution is -2.09. The van der Waals surface area contributed by atoms with Crippen molar-refractivity contribution in [1.29, 1.82) is 0 Å². The molecule has 0 fully saturated rings. The average Bonchev–Trinajstić information content (AvgIpc) is 3.74. The third kappa shape index (κ3) is 5.92. The van der Waals surface area contributed by atoms with Crippen molar-refractivity contribution in [3.05, 3.63) is 243 Å². The van der Waals surface area contributed by atoms with Crippen LogP contribution >= 0.6 is 0 Å². The van der Waals surface area contributed by atoms with E-state index in [2.05, 4.69) is 240 Å². The van der Waals surface area contributed by atoms with E-state index in [-0.39, 0.29) is 0 Å². The van der Waals surface area contributed by atoms with Crippen molar-refractivity contribution >= 4 is 82.0 Å². The number of anilines is 3. The normalized spacial score (nSPS) is 12.0. The van der Waals surface area contributed by atoms with Gasteiger partial charge in [0.15, 0.2) is 11.5 Å². The molecule has 0 aliphatic carbocycles. The van der Waals surface area contributed by atoms with E-state index < -0.39 is 0 Å². The molecule has 1 aliphatic heterocycles. The minimum absolute atomic E-state index is 0.873. The predicted molar refractivity (Wildman–Crippen MR) is 282 cm³/mol. The van der Waals surface area contributed by atoms with E-state index in [4.69, 9.17) is 4.74 Å². The fourth-order valence-corrected chi connectivity index (χ4v) is 10.8. The van der Waals surface area contributed by atoms with Gasteiger partial charge in [-0.15, -0.1) is 0 Å². The van der Waals surface area contributed by atoms with Crippen molar-refractivity contribution in [2.45, 2.75) is 0 Å². The van der Waals surface area contributed by atoms with Gasteiger partial charge in [-0.2, -0.15) is 0 Å². The molecule has 0 bridgehead atoms. The number of hydrogen-bond donors (Lipinski definition) is 0. The fourth-order valence-electron chi connectivity index (χ4n) is 10.8. The quantitative estimate of drug-likeness (QED) is 0.155. The molecule has 0 saturated heterocycles. The van der Waals surface area contributed by atoms with Gasteiger partial charge in [0, 0.05) is 27.8 Å². The van der Waals surface area contributed by atoms with Crippen LogP contribution in [0.15, 0.2) is 243 Å². The van der Waals surface area contributed by atoms with Crippen LogP contribution in [0.2, 0.25) is 0 Å². The van der Waals surface area contributed by atoms with Gasteiger partial charge in [0.25, 0.3) is 0 Å². The number of nitrogens with zero attached hydrogens (tertiary/aromatic N) is 2. The van der Waals surface area contributed by atoms with Gasteiger partial charge in [0.1, 0.15) is 0 Å². The topological polar surface area (TPSA) is 17.4 Å². The molecule has 3 nitrogen and oxygen atoms in total. The van der Waals surface area contributed by atoms with Crippen molar-refractivity contribution in [2.24, 2.45) is 0 Å². The molecule has 312 valence electrons. The highest BCUT2D eigenvalue weighted by Gasteiger charge is 2.24. The molecular formula is C64H40N2O. The summed E-state index contributed by atoms with van der Waals surface area (Å²) in [7, 11) is 0. The lowest BCUT2D eigenvalue weighted by molar-refractivity contribution is 0.476. The molecule has 0 radical (unpaired) electrons. The lowest BCUT2D eigenvalue weighted by atomic mass is 9.93. The van der Waals surface area contributed by atoms with Crippen LogP contribution in [0, 0.1) is 0 Å². The summed E-state index contributed by atoms with van der Waals surface area (Å²) >= 11 is 0. The minimum atomic E-state index is 0.873. The summed E-state index contributed by atoms with van der Waals surface area (Å²) in [5.41, 5.74) is 13.8. The minimum Gasteiger partial charge on any atom is -0.453 e. The molecule has 13 aromatic rings. The van der Waals surface area contributed by atoms with Crippen LogP contribution in [0.4, 0.5) is 17.1 Å². The summed E-state index contributed by atoms with van der Waals surface area (Å²) in [6, 6.07) is 88.3. The second-order valence-electron chi connectivity index (χ2n) is 17.6. The largest absolute Gasteiger partial charge is 0.453 e. The Kier molecular flexibility index (Phi) is 8.28. The Morgan fingerprint density at radius 3 is 1.33 bits per heavy atom. The third-order valence-corrected chi connectivity index (χ3v) is 13.9. The summed E-state index contributed by atoms with van der Waals surface area (Å²) in [5, 5.41) is 12.5. The van der Waals surface area contributed by atoms with E-state index in [9.17, 15) is 0 Å². The van der Waals surface area contributed by atoms with Crippen molar-refractivity contribution in [3.63, 3.8) is 0 Å². The van der Waals surface area contributed by atoms with Crippen LogP contribution in [0.1, 0.15) is 0 Å². The van der Waals surface area contributed by atoms with Gasteiger partial charge in [0.2, 0.25) is 0 Å². The predicted octanol–water partition coefficient (Wildman–Crippen LogP) is 18.0. The van der Waals surface area contributed by atoms with Gasteiger partial charge in [-0.1, -0.05) is 164 Å². The number of ether oxygens (including phenoxy) is 1. The van der Waals surface area contributed by atoms with E-state index >= 15 is 0 Å². The van der Waals surface area contributed by atoms with E-state index in [1.54, 1.807) is 0 Å². The summed E-state index contributed by atoms with van der Waals surface area (Å²) in [5.74, 6) is 1.76. The molecule has 0 N–H and O–H groups in total. The van der Waals surface area contributed by atoms with Crippen LogP contribution in [-0.4, -0.2) is 4.57 Å². The molecule has 0 atom stereocenters. The maximum Gasteiger partial charge on any atom is 0.152 e. The molecular weight excluding hydrogens is 813 g/mol. The third-order valence-electron chi connectivity index (χ3n) is 13.9. The van der Waals surface area contributed by atoms with E-state index in [1.165, 1.54) is 87.2 Å². The number of fused-ring (bicyclic) bond motifs is 11. The molecule has 0 unspecified atom stereocenters. The van der Waals surface area contributed by atoms with Crippen LogP contribution in [0.25, 0.3) is 104 Å². The van der Waals surface area contributed by atoms with Crippen molar-refractivity contribution in [3.8, 4) is 50.6 Å². The summed E-state index contributed by atoms with van der Waals surface area (Å²) in [6.45, 7) is 0. The Hall–Kier alpha value is -8.92. The summed E-state index contributed by atoms with van der Waals surface area (Å²) in [4.78, 5) is 2.37. The average molecular weight is 853 g/mol. The smallest absolute Gasteiger partial charge is 0.152 e. The van der Waals surface area contributed by atoms with Crippen molar-refractivity contribution in [1.82, 2.24) is 4.57 Å². The standard InChI is InChI=1S/C64H40N2O/c1-3-14-50-45(12-1)39-57(54-18-7-5-16-52(50)54)42-26-33-48(34-27-42)65(49-35-28-43(29-36-49)58-40-46-13-2-4-15-51(46)53-17-6-8-19-55(53)58)47-31-24-41(25-32-47)44-30-37-60-59(38-44)56-20-11-23-63-64(56)66(60)61-21-9-10-22-62(61)67-63/h1-40H.